The van der Waals surface area contributed by atoms with Crippen molar-refractivity contribution in [2.45, 2.75) is 46.0 Å². The van der Waals surface area contributed by atoms with Gasteiger partial charge in [0, 0.05) is 36.1 Å². The van der Waals surface area contributed by atoms with Crippen LogP contribution in [0.1, 0.15) is 50.2 Å². The third-order valence-corrected chi connectivity index (χ3v) is 6.90. The summed E-state index contributed by atoms with van der Waals surface area (Å²) in [4.78, 5) is 39.5. The van der Waals surface area contributed by atoms with Gasteiger partial charge in [0.15, 0.2) is 5.78 Å². The van der Waals surface area contributed by atoms with E-state index >= 15 is 0 Å². The number of nitro benzene ring substituents is 1. The molecular weight excluding hydrogens is 451 g/mol. The predicted octanol–water partition coefficient (Wildman–Crippen LogP) is 6.37. The van der Waals surface area contributed by atoms with E-state index in [1.807, 2.05) is 13.8 Å². The molecule has 0 radical (unpaired) electrons. The van der Waals surface area contributed by atoms with E-state index in [9.17, 15) is 19.7 Å². The van der Waals surface area contributed by atoms with Crippen LogP contribution in [0.25, 0.3) is 0 Å². The molecule has 32 heavy (non-hydrogen) atoms. The van der Waals surface area contributed by atoms with E-state index in [0.29, 0.717) is 45.3 Å². The maximum absolute atomic E-state index is 13.5. The third-order valence-electron chi connectivity index (χ3n) is 6.07. The molecule has 1 heterocycles. The van der Waals surface area contributed by atoms with Crippen molar-refractivity contribution in [2.75, 3.05) is 4.90 Å². The number of hydrogen-bond donors (Lipinski definition) is 0. The highest BCUT2D eigenvalue weighted by molar-refractivity contribution is 6.42. The lowest BCUT2D eigenvalue weighted by Crippen LogP contribution is -2.44. The molecule has 0 bridgehead atoms. The van der Waals surface area contributed by atoms with Crippen LogP contribution in [0.4, 0.5) is 11.4 Å². The van der Waals surface area contributed by atoms with E-state index < -0.39 is 16.3 Å². The first kappa shape index (κ1) is 22.5. The topological polar surface area (TPSA) is 80.5 Å². The lowest BCUT2D eigenvalue weighted by atomic mass is 9.69. The summed E-state index contributed by atoms with van der Waals surface area (Å²) in [5, 5.41) is 12.5. The van der Waals surface area contributed by atoms with Crippen molar-refractivity contribution in [2.24, 2.45) is 5.41 Å². The van der Waals surface area contributed by atoms with Crippen LogP contribution in [-0.2, 0) is 9.59 Å². The van der Waals surface area contributed by atoms with Gasteiger partial charge in [0.2, 0.25) is 5.91 Å². The summed E-state index contributed by atoms with van der Waals surface area (Å²) in [5.41, 5.74) is 1.94. The molecule has 0 aromatic heterocycles. The Hall–Kier alpha value is -2.70. The van der Waals surface area contributed by atoms with Crippen molar-refractivity contribution < 1.29 is 14.5 Å². The summed E-state index contributed by atoms with van der Waals surface area (Å²) < 4.78 is 0. The first-order valence-corrected chi connectivity index (χ1v) is 11.0. The Morgan fingerprint density at radius 3 is 2.53 bits per heavy atom. The Morgan fingerprint density at radius 1 is 1.12 bits per heavy atom. The Morgan fingerprint density at radius 2 is 1.84 bits per heavy atom. The highest BCUT2D eigenvalue weighted by atomic mass is 35.5. The molecule has 1 amide bonds. The number of carbonyl (C=O) groups excluding carboxylic acids is 2. The minimum atomic E-state index is -0.548. The van der Waals surface area contributed by atoms with Crippen LogP contribution in [0.5, 0.6) is 0 Å². The number of allylic oxidation sites excluding steroid dienone is 2. The van der Waals surface area contributed by atoms with Gasteiger partial charge in [-0.25, -0.2) is 0 Å². The molecule has 1 atom stereocenters. The molecular formula is C24H22Cl2N2O4. The number of Topliss-reactive ketones (excluding diaryl/α,β-unsaturated/α-hetero) is 1. The van der Waals surface area contributed by atoms with E-state index in [-0.39, 0.29) is 29.5 Å². The number of aryl methyl sites for hydroxylation is 1. The summed E-state index contributed by atoms with van der Waals surface area (Å²) in [6, 6.07) is 9.91. The number of benzene rings is 2. The highest BCUT2D eigenvalue weighted by Gasteiger charge is 2.46. The zero-order valence-electron chi connectivity index (χ0n) is 17.9. The monoisotopic (exact) mass is 472 g/mol. The summed E-state index contributed by atoms with van der Waals surface area (Å²) >= 11 is 12.7. The van der Waals surface area contributed by atoms with Crippen molar-refractivity contribution >= 4 is 46.3 Å². The van der Waals surface area contributed by atoms with Gasteiger partial charge in [0.25, 0.3) is 5.69 Å². The Balaban J connectivity index is 1.98. The van der Waals surface area contributed by atoms with Gasteiger partial charge in [-0.05, 0) is 42.0 Å². The number of hydrogen-bond acceptors (Lipinski definition) is 4. The van der Waals surface area contributed by atoms with E-state index in [4.69, 9.17) is 23.2 Å². The fraction of sp³-hybridized carbons (Fsp3) is 0.333. The molecule has 0 spiro atoms. The maximum atomic E-state index is 13.5. The molecule has 4 rings (SSSR count). The number of ketones is 1. The molecule has 2 aliphatic rings. The first-order valence-electron chi connectivity index (χ1n) is 10.3. The molecule has 1 aliphatic carbocycles. The van der Waals surface area contributed by atoms with Crippen LogP contribution in [0.3, 0.4) is 0 Å². The van der Waals surface area contributed by atoms with Crippen LogP contribution >= 0.6 is 23.2 Å². The van der Waals surface area contributed by atoms with E-state index in [1.54, 1.807) is 37.3 Å². The Kier molecular flexibility index (Phi) is 5.63. The number of carbonyl (C=O) groups is 2. The molecule has 0 N–H and O–H groups in total. The molecule has 1 aliphatic heterocycles. The zero-order valence-corrected chi connectivity index (χ0v) is 19.5. The van der Waals surface area contributed by atoms with Crippen LogP contribution in [-0.4, -0.2) is 16.6 Å². The van der Waals surface area contributed by atoms with Gasteiger partial charge in [0.1, 0.15) is 5.69 Å². The zero-order chi connectivity index (χ0) is 23.4. The number of nitrogens with zero attached hydrogens (tertiary/aromatic N) is 2. The average Bonchev–Trinajstić information content (AvgIpc) is 2.69. The molecule has 0 saturated heterocycles. The van der Waals surface area contributed by atoms with Gasteiger partial charge in [-0.2, -0.15) is 0 Å². The normalized spacial score (nSPS) is 20.4. The van der Waals surface area contributed by atoms with E-state index in [1.165, 1.54) is 11.0 Å². The molecule has 1 unspecified atom stereocenters. The van der Waals surface area contributed by atoms with Crippen molar-refractivity contribution in [1.82, 2.24) is 0 Å². The molecule has 2 aromatic carbocycles. The number of halogens is 2. The quantitative estimate of drug-likeness (QED) is 0.383. The fourth-order valence-corrected chi connectivity index (χ4v) is 5.16. The third kappa shape index (κ3) is 3.82. The van der Waals surface area contributed by atoms with E-state index in [2.05, 4.69) is 0 Å². The van der Waals surface area contributed by atoms with Crippen LogP contribution < -0.4 is 4.90 Å². The largest absolute Gasteiger partial charge is 0.294 e. The molecule has 6 nitrogen and oxygen atoms in total. The van der Waals surface area contributed by atoms with Gasteiger partial charge in [0.05, 0.1) is 15.0 Å². The number of amides is 1. The SMILES string of the molecule is Cc1ccc(N2C(=O)CC(c3cccc(Cl)c3Cl)C3=C2CC(C)(C)CC3=O)c([N+](=O)[O-])c1. The minimum Gasteiger partial charge on any atom is -0.294 e. The molecule has 2 aromatic rings. The van der Waals surface area contributed by atoms with Gasteiger partial charge in [-0.15, -0.1) is 0 Å². The summed E-state index contributed by atoms with van der Waals surface area (Å²) in [6.07, 6.45) is 0.716. The van der Waals surface area contributed by atoms with Gasteiger partial charge < -0.3 is 0 Å². The number of nitro groups is 1. The minimum absolute atomic E-state index is 0.0317. The second kappa shape index (κ2) is 8.01. The van der Waals surface area contributed by atoms with Crippen LogP contribution in [0.15, 0.2) is 47.7 Å². The van der Waals surface area contributed by atoms with Crippen molar-refractivity contribution in [1.29, 1.82) is 0 Å². The fourth-order valence-electron chi connectivity index (χ4n) is 4.72. The summed E-state index contributed by atoms with van der Waals surface area (Å²) in [5.74, 6) is -0.945. The van der Waals surface area contributed by atoms with Crippen molar-refractivity contribution in [3.05, 3.63) is 79.0 Å². The number of anilines is 1. The predicted molar refractivity (Wildman–Crippen MR) is 124 cm³/mol. The molecule has 166 valence electrons. The van der Waals surface area contributed by atoms with Gasteiger partial charge in [-0.1, -0.05) is 55.2 Å². The average molecular weight is 473 g/mol. The summed E-state index contributed by atoms with van der Waals surface area (Å²) in [6.45, 7) is 5.66. The number of rotatable bonds is 3. The van der Waals surface area contributed by atoms with Crippen LogP contribution in [0, 0.1) is 22.5 Å². The lowest BCUT2D eigenvalue weighted by molar-refractivity contribution is -0.384. The smallest absolute Gasteiger partial charge is 0.293 e. The lowest BCUT2D eigenvalue weighted by Gasteiger charge is -2.42. The molecule has 0 fully saturated rings. The first-order chi connectivity index (χ1) is 15.0. The van der Waals surface area contributed by atoms with Gasteiger partial charge >= 0.3 is 0 Å². The Bertz CT molecular complexity index is 1200. The van der Waals surface area contributed by atoms with Crippen LogP contribution in [0.2, 0.25) is 10.0 Å². The molecule has 8 heteroatoms. The highest BCUT2D eigenvalue weighted by Crippen LogP contribution is 2.50. The standard InChI is InChI=1S/C24H22Cl2N2O4/c1-13-7-8-17(18(9-13)28(31)32)27-19-11-24(2,3)12-20(29)22(19)15(10-21(27)30)14-5-4-6-16(25)23(14)26/h4-9,15H,10-12H2,1-3H3. The second-order valence-corrected chi connectivity index (χ2v) is 9.96. The maximum Gasteiger partial charge on any atom is 0.293 e. The van der Waals surface area contributed by atoms with Gasteiger partial charge in [-0.3, -0.25) is 24.6 Å². The summed E-state index contributed by atoms with van der Waals surface area (Å²) in [7, 11) is 0. The Labute approximate surface area is 196 Å². The van der Waals surface area contributed by atoms with Crippen molar-refractivity contribution in [3.63, 3.8) is 0 Å². The van der Waals surface area contributed by atoms with Crippen molar-refractivity contribution in [3.8, 4) is 0 Å². The second-order valence-electron chi connectivity index (χ2n) is 9.18. The molecule has 0 saturated carbocycles. The van der Waals surface area contributed by atoms with E-state index in [0.717, 1.165) is 0 Å².